The van der Waals surface area contributed by atoms with Crippen LogP contribution in [0.3, 0.4) is 0 Å². The van der Waals surface area contributed by atoms with Crippen LogP contribution in [0.1, 0.15) is 32.8 Å². The van der Waals surface area contributed by atoms with Gasteiger partial charge in [0, 0.05) is 25.2 Å². The average molecular weight is 535 g/mol. The monoisotopic (exact) mass is 534 g/mol. The van der Waals surface area contributed by atoms with Crippen molar-refractivity contribution < 1.29 is 27.7 Å². The lowest BCUT2D eigenvalue weighted by molar-refractivity contribution is -0.384. The Balaban J connectivity index is 2.47. The van der Waals surface area contributed by atoms with Crippen molar-refractivity contribution in [3.05, 3.63) is 64.2 Å². The van der Waals surface area contributed by atoms with Gasteiger partial charge in [-0.25, -0.2) is 8.42 Å². The summed E-state index contributed by atoms with van der Waals surface area (Å²) in [5, 5.41) is 14.1. The van der Waals surface area contributed by atoms with Crippen molar-refractivity contribution >= 4 is 33.2 Å². The minimum absolute atomic E-state index is 0.0240. The largest absolute Gasteiger partial charge is 0.497 e. The third-order valence-electron chi connectivity index (χ3n) is 5.57. The van der Waals surface area contributed by atoms with Crippen LogP contribution in [0.2, 0.25) is 0 Å². The number of rotatable bonds is 13. The van der Waals surface area contributed by atoms with E-state index >= 15 is 0 Å². The Morgan fingerprint density at radius 1 is 1.14 bits per heavy atom. The number of ether oxygens (including phenoxy) is 1. The van der Waals surface area contributed by atoms with E-state index in [2.05, 4.69) is 5.32 Å². The number of nitrogens with one attached hydrogen (secondary N) is 1. The Bertz CT molecular complexity index is 1220. The number of amides is 2. The second-order valence-electron chi connectivity index (χ2n) is 8.98. The lowest BCUT2D eigenvalue weighted by Gasteiger charge is -2.33. The SMILES string of the molecule is CCC(C(=O)NCC(C)C)N(Cc1cccc(OC)c1)C(=O)CN(c1cccc([N+](=O)[O-])c1)S(C)(=O)=O. The fourth-order valence-corrected chi connectivity index (χ4v) is 4.53. The normalized spacial score (nSPS) is 12.1. The topological polar surface area (TPSA) is 139 Å². The van der Waals surface area contributed by atoms with E-state index in [-0.39, 0.29) is 36.2 Å². The molecule has 0 fully saturated rings. The van der Waals surface area contributed by atoms with Crippen molar-refractivity contribution in [3.8, 4) is 5.75 Å². The van der Waals surface area contributed by atoms with E-state index in [1.165, 1.54) is 30.2 Å². The molecular formula is C25H34N4O7S. The number of benzene rings is 2. The highest BCUT2D eigenvalue weighted by atomic mass is 32.2. The van der Waals surface area contributed by atoms with Gasteiger partial charge < -0.3 is 15.0 Å². The van der Waals surface area contributed by atoms with Crippen molar-refractivity contribution in [1.29, 1.82) is 0 Å². The van der Waals surface area contributed by atoms with Crippen molar-refractivity contribution in [2.24, 2.45) is 5.92 Å². The van der Waals surface area contributed by atoms with Gasteiger partial charge in [0.05, 0.1) is 24.0 Å². The third kappa shape index (κ3) is 8.45. The van der Waals surface area contributed by atoms with Gasteiger partial charge in [-0.3, -0.25) is 24.0 Å². The van der Waals surface area contributed by atoms with Gasteiger partial charge >= 0.3 is 0 Å². The lowest BCUT2D eigenvalue weighted by atomic mass is 10.1. The first kappa shape index (κ1) is 29.6. The zero-order valence-electron chi connectivity index (χ0n) is 21.7. The minimum atomic E-state index is -4.00. The lowest BCUT2D eigenvalue weighted by Crippen LogP contribution is -2.52. The van der Waals surface area contributed by atoms with Gasteiger partial charge in [-0.1, -0.05) is 39.0 Å². The highest BCUT2D eigenvalue weighted by molar-refractivity contribution is 7.92. The molecule has 2 aromatic rings. The Morgan fingerprint density at radius 3 is 2.38 bits per heavy atom. The van der Waals surface area contributed by atoms with Gasteiger partial charge in [-0.15, -0.1) is 0 Å². The van der Waals surface area contributed by atoms with E-state index in [4.69, 9.17) is 4.74 Å². The average Bonchev–Trinajstić information content (AvgIpc) is 2.85. The van der Waals surface area contributed by atoms with Crippen molar-refractivity contribution in [1.82, 2.24) is 10.2 Å². The molecule has 0 radical (unpaired) electrons. The maximum absolute atomic E-state index is 13.7. The summed E-state index contributed by atoms with van der Waals surface area (Å²) in [5.74, 6) is -0.227. The number of carbonyl (C=O) groups is 2. The molecule has 2 amide bonds. The summed E-state index contributed by atoms with van der Waals surface area (Å²) >= 11 is 0. The van der Waals surface area contributed by atoms with E-state index in [0.717, 1.165) is 16.6 Å². The molecule has 202 valence electrons. The Kier molecular flexibility index (Phi) is 10.4. The molecular weight excluding hydrogens is 500 g/mol. The molecule has 0 aliphatic carbocycles. The molecule has 0 bridgehead atoms. The molecule has 0 heterocycles. The quantitative estimate of drug-likeness (QED) is 0.308. The summed E-state index contributed by atoms with van der Waals surface area (Å²) in [7, 11) is -2.49. The number of hydrogen-bond donors (Lipinski definition) is 1. The molecule has 12 heteroatoms. The Hall–Kier alpha value is -3.67. The van der Waals surface area contributed by atoms with Gasteiger partial charge in [-0.2, -0.15) is 0 Å². The summed E-state index contributed by atoms with van der Waals surface area (Å²) in [5.41, 5.74) is 0.346. The van der Waals surface area contributed by atoms with Crippen LogP contribution in [-0.2, 0) is 26.2 Å². The molecule has 0 spiro atoms. The van der Waals surface area contributed by atoms with Crippen LogP contribution in [0.5, 0.6) is 5.75 Å². The predicted octanol–water partition coefficient (Wildman–Crippen LogP) is 2.95. The van der Waals surface area contributed by atoms with E-state index < -0.39 is 33.4 Å². The van der Waals surface area contributed by atoms with Gasteiger partial charge in [0.1, 0.15) is 18.3 Å². The first-order chi connectivity index (χ1) is 17.4. The summed E-state index contributed by atoms with van der Waals surface area (Å²) in [6, 6.07) is 11.2. The van der Waals surface area contributed by atoms with Crippen molar-refractivity contribution in [2.45, 2.75) is 39.8 Å². The maximum atomic E-state index is 13.7. The van der Waals surface area contributed by atoms with E-state index in [9.17, 15) is 28.1 Å². The predicted molar refractivity (Wildman–Crippen MR) is 141 cm³/mol. The summed E-state index contributed by atoms with van der Waals surface area (Å²) in [6.07, 6.45) is 1.20. The van der Waals surface area contributed by atoms with E-state index in [0.29, 0.717) is 17.9 Å². The first-order valence-electron chi connectivity index (χ1n) is 11.8. The van der Waals surface area contributed by atoms with Crippen LogP contribution in [0.15, 0.2) is 48.5 Å². The first-order valence-corrected chi connectivity index (χ1v) is 13.6. The smallest absolute Gasteiger partial charge is 0.271 e. The fraction of sp³-hybridized carbons (Fsp3) is 0.440. The van der Waals surface area contributed by atoms with Crippen LogP contribution in [0, 0.1) is 16.0 Å². The third-order valence-corrected chi connectivity index (χ3v) is 6.71. The maximum Gasteiger partial charge on any atom is 0.271 e. The number of hydrogen-bond acceptors (Lipinski definition) is 7. The molecule has 0 saturated carbocycles. The number of nitro benzene ring substituents is 1. The molecule has 1 atom stereocenters. The zero-order valence-corrected chi connectivity index (χ0v) is 22.5. The van der Waals surface area contributed by atoms with Crippen LogP contribution < -0.4 is 14.4 Å². The van der Waals surface area contributed by atoms with Gasteiger partial charge in [-0.05, 0) is 36.1 Å². The highest BCUT2D eigenvalue weighted by Crippen LogP contribution is 2.24. The van der Waals surface area contributed by atoms with Gasteiger partial charge in [0.15, 0.2) is 0 Å². The fourth-order valence-electron chi connectivity index (χ4n) is 3.68. The summed E-state index contributed by atoms with van der Waals surface area (Å²) in [4.78, 5) is 38.7. The molecule has 1 unspecified atom stereocenters. The van der Waals surface area contributed by atoms with Crippen LogP contribution in [0.25, 0.3) is 0 Å². The number of methoxy groups -OCH3 is 1. The molecule has 11 nitrogen and oxygen atoms in total. The standard InChI is InChI=1S/C25H34N4O7S/c1-6-23(25(31)26-15-18(2)3)27(16-19-9-7-12-22(13-19)36-4)24(30)17-28(37(5,34)35)20-10-8-11-21(14-20)29(32)33/h7-14,18,23H,6,15-17H2,1-5H3,(H,26,31). The number of anilines is 1. The number of nitro groups is 1. The molecule has 0 aliphatic heterocycles. The van der Waals surface area contributed by atoms with Crippen molar-refractivity contribution in [2.75, 3.05) is 30.8 Å². The summed E-state index contributed by atoms with van der Waals surface area (Å²) in [6.45, 7) is 5.46. The van der Waals surface area contributed by atoms with E-state index in [1.807, 2.05) is 13.8 Å². The molecule has 1 N–H and O–H groups in total. The second kappa shape index (κ2) is 13.0. The number of carbonyl (C=O) groups excluding carboxylic acids is 2. The molecule has 2 rings (SSSR count). The molecule has 37 heavy (non-hydrogen) atoms. The van der Waals surface area contributed by atoms with Crippen LogP contribution in [0.4, 0.5) is 11.4 Å². The van der Waals surface area contributed by atoms with Gasteiger partial charge in [0.25, 0.3) is 5.69 Å². The molecule has 0 aromatic heterocycles. The highest BCUT2D eigenvalue weighted by Gasteiger charge is 2.32. The minimum Gasteiger partial charge on any atom is -0.497 e. The van der Waals surface area contributed by atoms with Crippen molar-refractivity contribution in [3.63, 3.8) is 0 Å². The number of sulfonamides is 1. The second-order valence-corrected chi connectivity index (χ2v) is 10.9. The molecule has 0 aliphatic rings. The molecule has 2 aromatic carbocycles. The Labute approximate surface area is 217 Å². The molecule has 0 saturated heterocycles. The van der Waals surface area contributed by atoms with Crippen LogP contribution >= 0.6 is 0 Å². The number of nitrogens with zero attached hydrogens (tertiary/aromatic N) is 3. The Morgan fingerprint density at radius 2 is 1.81 bits per heavy atom. The van der Waals surface area contributed by atoms with E-state index in [1.54, 1.807) is 31.2 Å². The van der Waals surface area contributed by atoms with Gasteiger partial charge in [0.2, 0.25) is 21.8 Å². The zero-order chi connectivity index (χ0) is 27.8. The number of non-ortho nitro benzene ring substituents is 1. The van der Waals surface area contributed by atoms with Crippen LogP contribution in [-0.4, -0.2) is 62.6 Å². The summed E-state index contributed by atoms with van der Waals surface area (Å²) < 4.78 is 31.4.